The van der Waals surface area contributed by atoms with Gasteiger partial charge in [-0.15, -0.1) is 0 Å². The topological polar surface area (TPSA) is 46.9 Å². The summed E-state index contributed by atoms with van der Waals surface area (Å²) in [6, 6.07) is 8.29. The molecule has 0 aliphatic carbocycles. The molecule has 1 heterocycles. The highest BCUT2D eigenvalue weighted by molar-refractivity contribution is 5.42. The molecule has 4 heteroatoms. The molecular formula is C18H25N3O. The van der Waals surface area contributed by atoms with Gasteiger partial charge in [-0.05, 0) is 45.7 Å². The van der Waals surface area contributed by atoms with Crippen molar-refractivity contribution >= 4 is 0 Å². The predicted octanol–water partition coefficient (Wildman–Crippen LogP) is 3.05. The Morgan fingerprint density at radius 2 is 1.95 bits per heavy atom. The number of nitrogens with one attached hydrogen (secondary N) is 1. The van der Waals surface area contributed by atoms with E-state index in [9.17, 15) is 4.79 Å². The molecular weight excluding hydrogens is 274 g/mol. The quantitative estimate of drug-likeness (QED) is 0.923. The van der Waals surface area contributed by atoms with E-state index in [0.29, 0.717) is 18.3 Å². The first-order chi connectivity index (χ1) is 10.4. The second kappa shape index (κ2) is 6.88. The number of benzene rings is 1. The third kappa shape index (κ3) is 3.63. The zero-order valence-electron chi connectivity index (χ0n) is 14.1. The molecule has 22 heavy (non-hydrogen) atoms. The molecule has 0 saturated heterocycles. The first kappa shape index (κ1) is 16.4. The summed E-state index contributed by atoms with van der Waals surface area (Å²) in [6.45, 7) is 10.8. The van der Waals surface area contributed by atoms with Crippen LogP contribution in [0.5, 0.6) is 0 Å². The lowest BCUT2D eigenvalue weighted by molar-refractivity contribution is 0.521. The Balaban J connectivity index is 2.41. The van der Waals surface area contributed by atoms with Crippen LogP contribution in [0.4, 0.5) is 0 Å². The minimum absolute atomic E-state index is 0.00526. The van der Waals surface area contributed by atoms with Crippen LogP contribution in [-0.2, 0) is 6.54 Å². The SMILES string of the molecule is CCC(C)NCc1nn(-c2ccc(C)cc2C)c(C)cc1=O. The van der Waals surface area contributed by atoms with Crippen molar-refractivity contribution in [1.29, 1.82) is 0 Å². The Labute approximate surface area is 132 Å². The fourth-order valence-corrected chi connectivity index (χ4v) is 2.41. The molecule has 0 spiro atoms. The summed E-state index contributed by atoms with van der Waals surface area (Å²) in [6.07, 6.45) is 1.02. The third-order valence-corrected chi connectivity index (χ3v) is 3.99. The van der Waals surface area contributed by atoms with E-state index in [1.165, 1.54) is 5.56 Å². The summed E-state index contributed by atoms with van der Waals surface area (Å²) in [7, 11) is 0. The van der Waals surface area contributed by atoms with Gasteiger partial charge in [0.1, 0.15) is 5.69 Å². The molecule has 118 valence electrons. The van der Waals surface area contributed by atoms with E-state index >= 15 is 0 Å². The van der Waals surface area contributed by atoms with E-state index in [1.54, 1.807) is 6.07 Å². The van der Waals surface area contributed by atoms with Crippen LogP contribution in [0.25, 0.3) is 5.69 Å². The fourth-order valence-electron chi connectivity index (χ4n) is 2.41. The predicted molar refractivity (Wildman–Crippen MR) is 90.6 cm³/mol. The summed E-state index contributed by atoms with van der Waals surface area (Å²) < 4.78 is 1.86. The molecule has 0 fully saturated rings. The zero-order chi connectivity index (χ0) is 16.3. The van der Waals surface area contributed by atoms with Crippen molar-refractivity contribution in [2.24, 2.45) is 0 Å². The van der Waals surface area contributed by atoms with Crippen LogP contribution < -0.4 is 10.7 Å². The van der Waals surface area contributed by atoms with Crippen molar-refractivity contribution in [3.05, 3.63) is 57.0 Å². The van der Waals surface area contributed by atoms with Gasteiger partial charge in [-0.3, -0.25) is 4.79 Å². The van der Waals surface area contributed by atoms with Gasteiger partial charge >= 0.3 is 0 Å². The maximum atomic E-state index is 12.1. The molecule has 1 N–H and O–H groups in total. The summed E-state index contributed by atoms with van der Waals surface area (Å²) in [5.41, 5.74) is 4.80. The average Bonchev–Trinajstić information content (AvgIpc) is 2.47. The molecule has 0 radical (unpaired) electrons. The Morgan fingerprint density at radius 3 is 2.59 bits per heavy atom. The number of aromatic nitrogens is 2. The van der Waals surface area contributed by atoms with Crippen LogP contribution in [-0.4, -0.2) is 15.8 Å². The van der Waals surface area contributed by atoms with Gasteiger partial charge < -0.3 is 5.32 Å². The van der Waals surface area contributed by atoms with Crippen LogP contribution in [0.1, 0.15) is 42.8 Å². The van der Waals surface area contributed by atoms with Crippen molar-refractivity contribution in [1.82, 2.24) is 15.1 Å². The first-order valence-electron chi connectivity index (χ1n) is 7.83. The Morgan fingerprint density at radius 1 is 1.23 bits per heavy atom. The maximum absolute atomic E-state index is 12.1. The Bertz CT molecular complexity index is 719. The number of nitrogens with zero attached hydrogens (tertiary/aromatic N) is 2. The first-order valence-corrected chi connectivity index (χ1v) is 7.83. The second-order valence-electron chi connectivity index (χ2n) is 5.99. The van der Waals surface area contributed by atoms with Gasteiger partial charge in [-0.25, -0.2) is 4.68 Å². The molecule has 0 bridgehead atoms. The zero-order valence-corrected chi connectivity index (χ0v) is 14.1. The molecule has 0 amide bonds. The van der Waals surface area contributed by atoms with Crippen molar-refractivity contribution in [2.45, 2.75) is 53.6 Å². The van der Waals surface area contributed by atoms with E-state index in [1.807, 2.05) is 11.6 Å². The summed E-state index contributed by atoms with van der Waals surface area (Å²) in [5, 5.41) is 7.92. The molecule has 0 aliphatic rings. The third-order valence-electron chi connectivity index (χ3n) is 3.99. The van der Waals surface area contributed by atoms with Gasteiger partial charge in [0, 0.05) is 24.3 Å². The van der Waals surface area contributed by atoms with Crippen LogP contribution >= 0.6 is 0 Å². The minimum Gasteiger partial charge on any atom is -0.308 e. The van der Waals surface area contributed by atoms with Crippen LogP contribution in [0, 0.1) is 20.8 Å². The molecule has 1 unspecified atom stereocenters. The van der Waals surface area contributed by atoms with E-state index in [0.717, 1.165) is 23.4 Å². The Hall–Kier alpha value is -1.94. The van der Waals surface area contributed by atoms with E-state index in [4.69, 9.17) is 0 Å². The van der Waals surface area contributed by atoms with Gasteiger partial charge in [0.05, 0.1) is 5.69 Å². The Kier molecular flexibility index (Phi) is 5.14. The summed E-state index contributed by atoms with van der Waals surface area (Å²) in [5.74, 6) is 0. The molecule has 1 aromatic heterocycles. The number of hydrogen-bond acceptors (Lipinski definition) is 3. The molecule has 2 aromatic rings. The van der Waals surface area contributed by atoms with E-state index in [-0.39, 0.29) is 5.43 Å². The van der Waals surface area contributed by atoms with Gasteiger partial charge in [0.2, 0.25) is 5.43 Å². The molecule has 2 rings (SSSR count). The van der Waals surface area contributed by atoms with Crippen molar-refractivity contribution in [3.63, 3.8) is 0 Å². The van der Waals surface area contributed by atoms with Crippen molar-refractivity contribution in [3.8, 4) is 5.69 Å². The highest BCUT2D eigenvalue weighted by atomic mass is 16.1. The lowest BCUT2D eigenvalue weighted by Gasteiger charge is -2.15. The highest BCUT2D eigenvalue weighted by Gasteiger charge is 2.10. The minimum atomic E-state index is -0.00526. The lowest BCUT2D eigenvalue weighted by Crippen LogP contribution is -2.29. The highest BCUT2D eigenvalue weighted by Crippen LogP contribution is 2.16. The summed E-state index contributed by atoms with van der Waals surface area (Å²) >= 11 is 0. The smallest absolute Gasteiger partial charge is 0.204 e. The fraction of sp³-hybridized carbons (Fsp3) is 0.444. The van der Waals surface area contributed by atoms with E-state index < -0.39 is 0 Å². The molecule has 1 aromatic carbocycles. The molecule has 0 aliphatic heterocycles. The standard InChI is InChI=1S/C18H25N3O/c1-6-14(4)19-11-16-18(22)10-15(5)21(20-16)17-8-7-12(2)9-13(17)3/h7-10,14,19H,6,11H2,1-5H3. The van der Waals surface area contributed by atoms with Gasteiger partial charge in [-0.1, -0.05) is 24.6 Å². The average molecular weight is 299 g/mol. The lowest BCUT2D eigenvalue weighted by atomic mass is 10.1. The van der Waals surface area contributed by atoms with Crippen LogP contribution in [0.15, 0.2) is 29.1 Å². The number of hydrogen-bond donors (Lipinski definition) is 1. The van der Waals surface area contributed by atoms with Gasteiger partial charge in [-0.2, -0.15) is 5.10 Å². The number of rotatable bonds is 5. The molecule has 0 saturated carbocycles. The van der Waals surface area contributed by atoms with E-state index in [2.05, 4.69) is 56.3 Å². The van der Waals surface area contributed by atoms with Gasteiger partial charge in [0.25, 0.3) is 0 Å². The van der Waals surface area contributed by atoms with Crippen molar-refractivity contribution < 1.29 is 0 Å². The maximum Gasteiger partial charge on any atom is 0.204 e. The normalized spacial score (nSPS) is 12.4. The second-order valence-corrected chi connectivity index (χ2v) is 5.99. The number of aryl methyl sites for hydroxylation is 3. The largest absolute Gasteiger partial charge is 0.308 e. The van der Waals surface area contributed by atoms with Crippen LogP contribution in [0.3, 0.4) is 0 Å². The summed E-state index contributed by atoms with van der Waals surface area (Å²) in [4.78, 5) is 12.1. The molecule has 4 nitrogen and oxygen atoms in total. The van der Waals surface area contributed by atoms with Crippen LogP contribution in [0.2, 0.25) is 0 Å². The van der Waals surface area contributed by atoms with Gasteiger partial charge in [0.15, 0.2) is 0 Å². The monoisotopic (exact) mass is 299 g/mol. The molecule has 1 atom stereocenters. The van der Waals surface area contributed by atoms with Crippen molar-refractivity contribution in [2.75, 3.05) is 0 Å².